The van der Waals surface area contributed by atoms with Crippen molar-refractivity contribution in [3.8, 4) is 11.3 Å². The Bertz CT molecular complexity index is 506. The molecule has 0 spiro atoms. The van der Waals surface area contributed by atoms with Gasteiger partial charge >= 0.3 is 0 Å². The lowest BCUT2D eigenvalue weighted by Gasteiger charge is -2.06. The van der Waals surface area contributed by atoms with Crippen LogP contribution in [0.3, 0.4) is 0 Å². The Morgan fingerprint density at radius 3 is 2.53 bits per heavy atom. The zero-order chi connectivity index (χ0) is 12.3. The lowest BCUT2D eigenvalue weighted by atomic mass is 10.0. The van der Waals surface area contributed by atoms with Crippen LogP contribution in [0.15, 0.2) is 30.5 Å². The predicted octanol–water partition coefficient (Wildman–Crippen LogP) is 4.06. The zero-order valence-corrected chi connectivity index (χ0v) is 10.8. The van der Waals surface area contributed by atoms with Gasteiger partial charge in [0.2, 0.25) is 5.28 Å². The van der Waals surface area contributed by atoms with Crippen LogP contribution in [-0.4, -0.2) is 9.97 Å². The monoisotopic (exact) mass is 246 g/mol. The highest BCUT2D eigenvalue weighted by Crippen LogP contribution is 2.22. The molecule has 0 radical (unpaired) electrons. The molecule has 0 amide bonds. The summed E-state index contributed by atoms with van der Waals surface area (Å²) in [4.78, 5) is 8.24. The molecule has 17 heavy (non-hydrogen) atoms. The SMILES string of the molecule is CCCc1ccc(-c2nc(Cl)ncc2C)cc1. The van der Waals surface area contributed by atoms with Crippen molar-refractivity contribution >= 4 is 11.6 Å². The van der Waals surface area contributed by atoms with Crippen LogP contribution in [0.5, 0.6) is 0 Å². The molecular weight excluding hydrogens is 232 g/mol. The molecule has 3 heteroatoms. The van der Waals surface area contributed by atoms with Gasteiger partial charge in [0.05, 0.1) is 5.69 Å². The lowest BCUT2D eigenvalue weighted by molar-refractivity contribution is 0.922. The second kappa shape index (κ2) is 5.28. The second-order valence-electron chi connectivity index (χ2n) is 4.12. The summed E-state index contributed by atoms with van der Waals surface area (Å²) in [6, 6.07) is 8.48. The largest absolute Gasteiger partial charge is 0.226 e. The van der Waals surface area contributed by atoms with E-state index in [1.165, 1.54) is 5.56 Å². The van der Waals surface area contributed by atoms with Gasteiger partial charge in [-0.15, -0.1) is 0 Å². The minimum atomic E-state index is 0.295. The summed E-state index contributed by atoms with van der Waals surface area (Å²) in [5.74, 6) is 0. The maximum absolute atomic E-state index is 5.83. The zero-order valence-electron chi connectivity index (χ0n) is 10.1. The molecule has 0 N–H and O–H groups in total. The average molecular weight is 247 g/mol. The minimum Gasteiger partial charge on any atom is -0.226 e. The van der Waals surface area contributed by atoms with E-state index in [2.05, 4.69) is 41.2 Å². The van der Waals surface area contributed by atoms with Crippen molar-refractivity contribution in [2.24, 2.45) is 0 Å². The molecule has 0 atom stereocenters. The molecule has 1 aromatic heterocycles. The van der Waals surface area contributed by atoms with Gasteiger partial charge < -0.3 is 0 Å². The van der Waals surface area contributed by atoms with E-state index < -0.39 is 0 Å². The molecule has 2 aromatic rings. The van der Waals surface area contributed by atoms with Gasteiger partial charge in [0.25, 0.3) is 0 Å². The van der Waals surface area contributed by atoms with E-state index in [9.17, 15) is 0 Å². The molecule has 0 saturated carbocycles. The number of aromatic nitrogens is 2. The molecule has 1 heterocycles. The highest BCUT2D eigenvalue weighted by atomic mass is 35.5. The first-order chi connectivity index (χ1) is 8.20. The molecule has 0 aliphatic rings. The normalized spacial score (nSPS) is 10.5. The smallest absolute Gasteiger partial charge is 0.222 e. The van der Waals surface area contributed by atoms with Crippen molar-refractivity contribution in [1.29, 1.82) is 0 Å². The summed E-state index contributed by atoms with van der Waals surface area (Å²) in [5.41, 5.74) is 4.39. The maximum Gasteiger partial charge on any atom is 0.222 e. The Morgan fingerprint density at radius 1 is 1.18 bits per heavy atom. The molecule has 0 fully saturated rings. The Hall–Kier alpha value is -1.41. The molecule has 2 nitrogen and oxygen atoms in total. The van der Waals surface area contributed by atoms with Crippen LogP contribution >= 0.6 is 11.6 Å². The number of benzene rings is 1. The van der Waals surface area contributed by atoms with Crippen molar-refractivity contribution < 1.29 is 0 Å². The molecule has 0 bridgehead atoms. The average Bonchev–Trinajstić information content (AvgIpc) is 2.34. The van der Waals surface area contributed by atoms with Gasteiger partial charge in [0.15, 0.2) is 0 Å². The van der Waals surface area contributed by atoms with E-state index in [-0.39, 0.29) is 0 Å². The molecule has 0 aliphatic carbocycles. The van der Waals surface area contributed by atoms with Crippen molar-refractivity contribution in [2.45, 2.75) is 26.7 Å². The maximum atomic E-state index is 5.83. The topological polar surface area (TPSA) is 25.8 Å². The van der Waals surface area contributed by atoms with Gasteiger partial charge in [-0.25, -0.2) is 9.97 Å². The summed E-state index contributed by atoms with van der Waals surface area (Å²) < 4.78 is 0. The molecule has 1 aromatic carbocycles. The molecule has 0 aliphatic heterocycles. The number of halogens is 1. The molecule has 2 rings (SSSR count). The standard InChI is InChI=1S/C14H15ClN2/c1-3-4-11-5-7-12(8-6-11)13-10(2)9-16-14(15)17-13/h5-9H,3-4H2,1-2H3. The third kappa shape index (κ3) is 2.83. The van der Waals surface area contributed by atoms with Gasteiger partial charge in [-0.05, 0) is 36.1 Å². The Labute approximate surface area is 107 Å². The van der Waals surface area contributed by atoms with E-state index in [1.54, 1.807) is 6.20 Å². The van der Waals surface area contributed by atoms with Crippen LogP contribution in [0.4, 0.5) is 0 Å². The highest BCUT2D eigenvalue weighted by Gasteiger charge is 2.05. The van der Waals surface area contributed by atoms with Crippen molar-refractivity contribution in [2.75, 3.05) is 0 Å². The number of aryl methyl sites for hydroxylation is 2. The van der Waals surface area contributed by atoms with Crippen LogP contribution in [-0.2, 0) is 6.42 Å². The van der Waals surface area contributed by atoms with Crippen LogP contribution in [0, 0.1) is 6.92 Å². The fraction of sp³-hybridized carbons (Fsp3) is 0.286. The fourth-order valence-electron chi connectivity index (χ4n) is 1.83. The van der Waals surface area contributed by atoms with Crippen molar-refractivity contribution in [1.82, 2.24) is 9.97 Å². The summed E-state index contributed by atoms with van der Waals surface area (Å²) >= 11 is 5.83. The van der Waals surface area contributed by atoms with Crippen molar-refractivity contribution in [3.05, 3.63) is 46.9 Å². The Morgan fingerprint density at radius 2 is 1.88 bits per heavy atom. The molecular formula is C14H15ClN2. The van der Waals surface area contributed by atoms with E-state index in [0.29, 0.717) is 5.28 Å². The van der Waals surface area contributed by atoms with E-state index in [0.717, 1.165) is 29.7 Å². The van der Waals surface area contributed by atoms with Crippen LogP contribution in [0.25, 0.3) is 11.3 Å². The summed E-state index contributed by atoms with van der Waals surface area (Å²) in [5, 5.41) is 0.295. The third-order valence-electron chi connectivity index (χ3n) is 2.71. The van der Waals surface area contributed by atoms with Gasteiger partial charge in [0, 0.05) is 11.8 Å². The van der Waals surface area contributed by atoms with E-state index in [1.807, 2.05) is 6.92 Å². The second-order valence-corrected chi connectivity index (χ2v) is 4.46. The van der Waals surface area contributed by atoms with Crippen LogP contribution in [0.1, 0.15) is 24.5 Å². The third-order valence-corrected chi connectivity index (χ3v) is 2.89. The Kier molecular flexibility index (Phi) is 3.75. The first-order valence-electron chi connectivity index (χ1n) is 5.79. The number of hydrogen-bond donors (Lipinski definition) is 0. The molecule has 0 unspecified atom stereocenters. The van der Waals surface area contributed by atoms with Gasteiger partial charge in [0.1, 0.15) is 0 Å². The summed E-state index contributed by atoms with van der Waals surface area (Å²) in [6.07, 6.45) is 4.03. The van der Waals surface area contributed by atoms with Gasteiger partial charge in [-0.1, -0.05) is 37.6 Å². The quantitative estimate of drug-likeness (QED) is 0.764. The number of hydrogen-bond acceptors (Lipinski definition) is 2. The lowest BCUT2D eigenvalue weighted by Crippen LogP contribution is -1.92. The molecule has 88 valence electrons. The van der Waals surface area contributed by atoms with Crippen LogP contribution < -0.4 is 0 Å². The van der Waals surface area contributed by atoms with E-state index in [4.69, 9.17) is 11.6 Å². The number of rotatable bonds is 3. The molecule has 0 saturated heterocycles. The Balaban J connectivity index is 2.36. The van der Waals surface area contributed by atoms with E-state index >= 15 is 0 Å². The fourth-order valence-corrected chi connectivity index (χ4v) is 1.96. The minimum absolute atomic E-state index is 0.295. The predicted molar refractivity (Wildman–Crippen MR) is 71.2 cm³/mol. The van der Waals surface area contributed by atoms with Gasteiger partial charge in [-0.3, -0.25) is 0 Å². The highest BCUT2D eigenvalue weighted by molar-refractivity contribution is 6.28. The van der Waals surface area contributed by atoms with Crippen LogP contribution in [0.2, 0.25) is 5.28 Å². The van der Waals surface area contributed by atoms with Gasteiger partial charge in [-0.2, -0.15) is 0 Å². The number of nitrogens with zero attached hydrogens (tertiary/aromatic N) is 2. The van der Waals surface area contributed by atoms with Crippen molar-refractivity contribution in [3.63, 3.8) is 0 Å². The first-order valence-corrected chi connectivity index (χ1v) is 6.17. The first kappa shape index (κ1) is 12.1. The summed E-state index contributed by atoms with van der Waals surface area (Å²) in [6.45, 7) is 4.17. The summed E-state index contributed by atoms with van der Waals surface area (Å²) in [7, 11) is 0.